The summed E-state index contributed by atoms with van der Waals surface area (Å²) in [7, 11) is 0. The molecule has 0 aromatic rings. The highest BCUT2D eigenvalue weighted by atomic mass is 16.3. The van der Waals surface area contributed by atoms with Crippen molar-refractivity contribution in [3.63, 3.8) is 0 Å². The lowest BCUT2D eigenvalue weighted by Crippen LogP contribution is -1.86. The van der Waals surface area contributed by atoms with Gasteiger partial charge in [0.05, 0.1) is 0 Å². The van der Waals surface area contributed by atoms with Gasteiger partial charge in [-0.15, -0.1) is 0 Å². The van der Waals surface area contributed by atoms with E-state index in [2.05, 4.69) is 5.18 Å². The highest BCUT2D eigenvalue weighted by molar-refractivity contribution is 4.87. The third-order valence-electron chi connectivity index (χ3n) is 0.637. The van der Waals surface area contributed by atoms with Gasteiger partial charge in [-0.1, -0.05) is 17.3 Å². The SMILES string of the molecule is C/C=C\C(C)N=O. The minimum atomic E-state index is -0.162. The van der Waals surface area contributed by atoms with Crippen LogP contribution < -0.4 is 0 Å². The predicted molar refractivity (Wildman–Crippen MR) is 30.1 cm³/mol. The molecule has 2 nitrogen and oxygen atoms in total. The number of allylic oxidation sites excluding steroid dienone is 1. The van der Waals surface area contributed by atoms with Crippen molar-refractivity contribution in [2.24, 2.45) is 5.18 Å². The van der Waals surface area contributed by atoms with Crippen LogP contribution >= 0.6 is 0 Å². The van der Waals surface area contributed by atoms with Crippen molar-refractivity contribution in [2.45, 2.75) is 19.9 Å². The monoisotopic (exact) mass is 99.1 g/mol. The molecule has 0 saturated carbocycles. The number of nitroso groups, excluding NO2 is 1. The molecule has 0 N–H and O–H groups in total. The second-order valence-electron chi connectivity index (χ2n) is 1.37. The predicted octanol–water partition coefficient (Wildman–Crippen LogP) is 1.72. The Balaban J connectivity index is 3.35. The molecule has 0 aliphatic heterocycles. The van der Waals surface area contributed by atoms with Crippen LogP contribution in [0.2, 0.25) is 0 Å². The van der Waals surface area contributed by atoms with Crippen molar-refractivity contribution in [1.29, 1.82) is 0 Å². The molecular formula is C5H9NO. The number of nitrogens with zero attached hydrogens (tertiary/aromatic N) is 1. The van der Waals surface area contributed by atoms with Crippen LogP contribution in [-0.2, 0) is 0 Å². The molecule has 2 heteroatoms. The lowest BCUT2D eigenvalue weighted by Gasteiger charge is -1.85. The van der Waals surface area contributed by atoms with Gasteiger partial charge in [-0.2, -0.15) is 4.91 Å². The molecule has 0 aliphatic carbocycles. The third kappa shape index (κ3) is 3.16. The summed E-state index contributed by atoms with van der Waals surface area (Å²) < 4.78 is 0. The second-order valence-corrected chi connectivity index (χ2v) is 1.37. The van der Waals surface area contributed by atoms with Gasteiger partial charge in [0.15, 0.2) is 0 Å². The van der Waals surface area contributed by atoms with Crippen LogP contribution in [-0.4, -0.2) is 6.04 Å². The van der Waals surface area contributed by atoms with E-state index in [0.29, 0.717) is 0 Å². The molecular weight excluding hydrogens is 90.1 g/mol. The normalized spacial score (nSPS) is 14.6. The van der Waals surface area contributed by atoms with Crippen LogP contribution in [0.15, 0.2) is 17.3 Å². The molecule has 0 saturated heterocycles. The fraction of sp³-hybridized carbons (Fsp3) is 0.600. The van der Waals surface area contributed by atoms with Crippen LogP contribution in [0.3, 0.4) is 0 Å². The highest BCUT2D eigenvalue weighted by Gasteiger charge is 1.87. The van der Waals surface area contributed by atoms with E-state index in [1.54, 1.807) is 13.0 Å². The van der Waals surface area contributed by atoms with E-state index in [1.807, 2.05) is 13.0 Å². The zero-order valence-corrected chi connectivity index (χ0v) is 4.59. The molecule has 0 fully saturated rings. The zero-order valence-electron chi connectivity index (χ0n) is 4.59. The van der Waals surface area contributed by atoms with E-state index in [0.717, 1.165) is 0 Å². The lowest BCUT2D eigenvalue weighted by atomic mass is 10.3. The largest absolute Gasteiger partial charge is 0.150 e. The summed E-state index contributed by atoms with van der Waals surface area (Å²) in [5, 5.41) is 2.74. The second kappa shape index (κ2) is 3.53. The van der Waals surface area contributed by atoms with Crippen molar-refractivity contribution in [2.75, 3.05) is 0 Å². The zero-order chi connectivity index (χ0) is 5.70. The van der Waals surface area contributed by atoms with E-state index in [1.165, 1.54) is 0 Å². The third-order valence-corrected chi connectivity index (χ3v) is 0.637. The summed E-state index contributed by atoms with van der Waals surface area (Å²) in [6.07, 6.45) is 3.55. The fourth-order valence-corrected chi connectivity index (χ4v) is 0.314. The highest BCUT2D eigenvalue weighted by Crippen LogP contribution is 1.87. The standard InChI is InChI=1S/C5H9NO/c1-3-4-5(2)6-7/h3-5H,1-2H3/b4-3-. The Bertz CT molecular complexity index is 78.1. The Kier molecular flexibility index (Phi) is 3.19. The first kappa shape index (κ1) is 6.34. The van der Waals surface area contributed by atoms with Crippen LogP contribution in [0.4, 0.5) is 0 Å². The van der Waals surface area contributed by atoms with E-state index >= 15 is 0 Å². The Morgan fingerprint density at radius 3 is 2.43 bits per heavy atom. The molecule has 1 atom stereocenters. The van der Waals surface area contributed by atoms with Gasteiger partial charge >= 0.3 is 0 Å². The molecule has 0 rings (SSSR count). The first-order valence-electron chi connectivity index (χ1n) is 2.26. The number of hydrogen-bond donors (Lipinski definition) is 0. The number of rotatable bonds is 2. The van der Waals surface area contributed by atoms with Crippen LogP contribution in [0, 0.1) is 4.91 Å². The van der Waals surface area contributed by atoms with Gasteiger partial charge in [-0.3, -0.25) is 0 Å². The lowest BCUT2D eigenvalue weighted by molar-refractivity contribution is 0.914. The van der Waals surface area contributed by atoms with Gasteiger partial charge in [0.2, 0.25) is 0 Å². The van der Waals surface area contributed by atoms with Crippen molar-refractivity contribution in [1.82, 2.24) is 0 Å². The van der Waals surface area contributed by atoms with Gasteiger partial charge < -0.3 is 0 Å². The molecule has 0 aromatic heterocycles. The molecule has 40 valence electrons. The summed E-state index contributed by atoms with van der Waals surface area (Å²) in [6, 6.07) is -0.162. The summed E-state index contributed by atoms with van der Waals surface area (Å²) in [6.45, 7) is 3.61. The molecule has 0 bridgehead atoms. The van der Waals surface area contributed by atoms with Crippen molar-refractivity contribution < 1.29 is 0 Å². The quantitative estimate of drug-likeness (QED) is 0.383. The Morgan fingerprint density at radius 1 is 1.71 bits per heavy atom. The molecule has 0 aromatic carbocycles. The maximum atomic E-state index is 9.59. The van der Waals surface area contributed by atoms with Gasteiger partial charge in [-0.25, -0.2) is 0 Å². The fourth-order valence-electron chi connectivity index (χ4n) is 0.314. The van der Waals surface area contributed by atoms with Crippen LogP contribution in [0.5, 0.6) is 0 Å². The minimum absolute atomic E-state index is 0.162. The topological polar surface area (TPSA) is 29.4 Å². The molecule has 1 unspecified atom stereocenters. The van der Waals surface area contributed by atoms with Gasteiger partial charge in [0.1, 0.15) is 6.04 Å². The Hall–Kier alpha value is -0.660. The van der Waals surface area contributed by atoms with Crippen LogP contribution in [0.25, 0.3) is 0 Å². The maximum absolute atomic E-state index is 9.59. The Labute approximate surface area is 43.2 Å². The van der Waals surface area contributed by atoms with Crippen molar-refractivity contribution in [3.05, 3.63) is 17.1 Å². The summed E-state index contributed by atoms with van der Waals surface area (Å²) >= 11 is 0. The molecule has 7 heavy (non-hydrogen) atoms. The maximum Gasteiger partial charge on any atom is 0.107 e. The van der Waals surface area contributed by atoms with E-state index in [9.17, 15) is 4.91 Å². The summed E-state index contributed by atoms with van der Waals surface area (Å²) in [5.74, 6) is 0. The van der Waals surface area contributed by atoms with E-state index in [4.69, 9.17) is 0 Å². The van der Waals surface area contributed by atoms with Gasteiger partial charge in [-0.05, 0) is 13.8 Å². The van der Waals surface area contributed by atoms with Crippen molar-refractivity contribution in [3.8, 4) is 0 Å². The first-order chi connectivity index (χ1) is 3.31. The van der Waals surface area contributed by atoms with Gasteiger partial charge in [0.25, 0.3) is 0 Å². The van der Waals surface area contributed by atoms with E-state index in [-0.39, 0.29) is 6.04 Å². The van der Waals surface area contributed by atoms with Crippen molar-refractivity contribution >= 4 is 0 Å². The molecule has 0 aliphatic rings. The van der Waals surface area contributed by atoms with Gasteiger partial charge in [0, 0.05) is 0 Å². The van der Waals surface area contributed by atoms with Crippen LogP contribution in [0.1, 0.15) is 13.8 Å². The number of hydrogen-bond acceptors (Lipinski definition) is 2. The molecule has 0 heterocycles. The average molecular weight is 99.1 g/mol. The molecule has 0 spiro atoms. The first-order valence-corrected chi connectivity index (χ1v) is 2.26. The average Bonchev–Trinajstić information content (AvgIpc) is 1.68. The molecule has 0 radical (unpaired) electrons. The Morgan fingerprint density at radius 2 is 2.29 bits per heavy atom. The minimum Gasteiger partial charge on any atom is -0.150 e. The van der Waals surface area contributed by atoms with E-state index < -0.39 is 0 Å². The molecule has 0 amide bonds. The summed E-state index contributed by atoms with van der Waals surface area (Å²) in [5.41, 5.74) is 0. The summed E-state index contributed by atoms with van der Waals surface area (Å²) in [4.78, 5) is 9.59. The smallest absolute Gasteiger partial charge is 0.107 e.